The second kappa shape index (κ2) is 22.0. The van der Waals surface area contributed by atoms with E-state index in [9.17, 15) is 18.0 Å². The van der Waals surface area contributed by atoms with E-state index in [4.69, 9.17) is 40.4 Å². The summed E-state index contributed by atoms with van der Waals surface area (Å²) in [5, 5.41) is 18.4. The zero-order valence-electron chi connectivity index (χ0n) is 34.7. The van der Waals surface area contributed by atoms with Crippen molar-refractivity contribution in [2.24, 2.45) is 0 Å². The summed E-state index contributed by atoms with van der Waals surface area (Å²) < 4.78 is 49.3. The zero-order chi connectivity index (χ0) is 44.1. The second-order valence-electron chi connectivity index (χ2n) is 14.9. The van der Waals surface area contributed by atoms with Crippen LogP contribution in [-0.2, 0) is 24.3 Å². The summed E-state index contributed by atoms with van der Waals surface area (Å²) in [7, 11) is -3.64. The Balaban J connectivity index is 0.000000214. The van der Waals surface area contributed by atoms with Crippen molar-refractivity contribution in [3.05, 3.63) is 126 Å². The highest BCUT2D eigenvalue weighted by Gasteiger charge is 2.30. The van der Waals surface area contributed by atoms with E-state index in [0.717, 1.165) is 43.4 Å². The molecule has 5 aromatic rings. The number of nitrogens with zero attached hydrogens (tertiary/aromatic N) is 5. The Hall–Kier alpha value is -5.49. The minimum absolute atomic E-state index is 0.00462. The molecule has 0 bridgehead atoms. The van der Waals surface area contributed by atoms with Gasteiger partial charge in [0, 0.05) is 75.7 Å². The Morgan fingerprint density at radius 1 is 0.806 bits per heavy atom. The molecule has 2 saturated heterocycles. The molecule has 15 nitrogen and oxygen atoms in total. The highest BCUT2D eigenvalue weighted by molar-refractivity contribution is 7.89. The summed E-state index contributed by atoms with van der Waals surface area (Å²) in [6, 6.07) is 30.6. The van der Waals surface area contributed by atoms with Crippen LogP contribution in [0.5, 0.6) is 11.5 Å². The minimum Gasteiger partial charge on any atom is -0.491 e. The Kier molecular flexibility index (Phi) is 16.4. The number of piperazine rings is 2. The third-order valence-electron chi connectivity index (χ3n) is 10.3. The molecule has 17 heteroatoms. The number of anilines is 1. The number of carboxylic acids is 2. The average molecular weight is 890 g/mol. The Bertz CT molecular complexity index is 2280. The fourth-order valence-corrected chi connectivity index (χ4v) is 8.84. The maximum absolute atomic E-state index is 13.1. The molecule has 2 aliphatic rings. The Morgan fingerprint density at radius 2 is 1.47 bits per heavy atom. The maximum atomic E-state index is 13.1. The predicted molar refractivity (Wildman–Crippen MR) is 234 cm³/mol. The van der Waals surface area contributed by atoms with E-state index in [-0.39, 0.29) is 23.6 Å². The molecule has 62 heavy (non-hydrogen) atoms. The largest absolute Gasteiger partial charge is 0.491 e. The SMILES string of the molecule is CC(C)Oc1ccc(S(=O)(=O)N2CCN(c3ccc(-c4ncco4)c(OCC(=O)O)c3)CC2)cc1.O=C(O)COCCN1CCN(C(c2ccccc2)c2ccc(Cl)cc2)CC1. The van der Waals surface area contributed by atoms with E-state index in [1.165, 1.54) is 27.9 Å². The van der Waals surface area contributed by atoms with Crippen molar-refractivity contribution < 1.29 is 46.8 Å². The van der Waals surface area contributed by atoms with Gasteiger partial charge in [-0.1, -0.05) is 54.1 Å². The number of benzene rings is 4. The van der Waals surface area contributed by atoms with Gasteiger partial charge in [0.05, 0.1) is 35.4 Å². The monoisotopic (exact) mass is 889 g/mol. The molecule has 2 aliphatic heterocycles. The minimum atomic E-state index is -3.64. The van der Waals surface area contributed by atoms with Gasteiger partial charge >= 0.3 is 11.9 Å². The quantitative estimate of drug-likeness (QED) is 0.100. The van der Waals surface area contributed by atoms with E-state index >= 15 is 0 Å². The number of halogens is 1. The molecule has 0 amide bonds. The number of rotatable bonds is 17. The van der Waals surface area contributed by atoms with Crippen LogP contribution < -0.4 is 14.4 Å². The molecular formula is C45H52ClN5O10S. The average Bonchev–Trinajstić information content (AvgIpc) is 3.81. The van der Waals surface area contributed by atoms with Gasteiger partial charge in [-0.3, -0.25) is 9.80 Å². The van der Waals surface area contributed by atoms with E-state index in [2.05, 4.69) is 51.2 Å². The molecule has 2 N–H and O–H groups in total. The molecule has 4 aromatic carbocycles. The lowest BCUT2D eigenvalue weighted by atomic mass is 9.96. The molecule has 1 aromatic heterocycles. The zero-order valence-corrected chi connectivity index (χ0v) is 36.3. The van der Waals surface area contributed by atoms with E-state index in [1.54, 1.807) is 36.4 Å². The number of oxazole rings is 1. The molecule has 1 atom stereocenters. The number of aromatic nitrogens is 1. The topological polar surface area (TPSA) is 175 Å². The van der Waals surface area contributed by atoms with Gasteiger partial charge in [-0.25, -0.2) is 23.0 Å². The fourth-order valence-electron chi connectivity index (χ4n) is 7.29. The smallest absolute Gasteiger partial charge is 0.341 e. The normalized spacial score (nSPS) is 15.7. The van der Waals surface area contributed by atoms with Crippen LogP contribution in [0.15, 0.2) is 119 Å². The van der Waals surface area contributed by atoms with Gasteiger partial charge in [-0.2, -0.15) is 4.31 Å². The first-order chi connectivity index (χ1) is 29.9. The van der Waals surface area contributed by atoms with Gasteiger partial charge < -0.3 is 33.7 Å². The lowest BCUT2D eigenvalue weighted by Gasteiger charge is -2.39. The van der Waals surface area contributed by atoms with Crippen LogP contribution in [0.3, 0.4) is 0 Å². The molecule has 0 saturated carbocycles. The number of hydrogen-bond acceptors (Lipinski definition) is 12. The van der Waals surface area contributed by atoms with Crippen molar-refractivity contribution in [1.29, 1.82) is 0 Å². The lowest BCUT2D eigenvalue weighted by molar-refractivity contribution is -0.142. The van der Waals surface area contributed by atoms with Crippen LogP contribution in [0.25, 0.3) is 11.5 Å². The summed E-state index contributed by atoms with van der Waals surface area (Å²) in [6.07, 6.45) is 2.92. The maximum Gasteiger partial charge on any atom is 0.341 e. The van der Waals surface area contributed by atoms with Crippen LogP contribution in [0.2, 0.25) is 5.02 Å². The van der Waals surface area contributed by atoms with Crippen LogP contribution >= 0.6 is 11.6 Å². The Labute approximate surface area is 367 Å². The standard InChI is InChI=1S/C24H27N3O7S.C21H25ClN2O3/c1-17(2)34-19-4-6-20(7-5-19)35(30,31)27-12-10-26(11-13-27)18-3-8-21(24-25-9-14-32-24)22(15-18)33-16-23(28)29;22-19-8-6-18(7-9-19)21(17-4-2-1-3-5-17)24-12-10-23(11-13-24)14-15-27-16-20(25)26/h3-9,14-15,17H,10-13,16H2,1-2H3,(H,28,29);1-9,21H,10-16H2,(H,25,26). The third-order valence-corrected chi connectivity index (χ3v) is 12.4. The highest BCUT2D eigenvalue weighted by Crippen LogP contribution is 2.34. The predicted octanol–water partition coefficient (Wildman–Crippen LogP) is 6.25. The van der Waals surface area contributed by atoms with E-state index in [0.29, 0.717) is 55.7 Å². The Morgan fingerprint density at radius 3 is 2.08 bits per heavy atom. The van der Waals surface area contributed by atoms with Crippen molar-refractivity contribution in [2.45, 2.75) is 30.9 Å². The van der Waals surface area contributed by atoms with Crippen LogP contribution in [0, 0.1) is 0 Å². The number of carboxylic acid groups (broad SMARTS) is 2. The number of aliphatic carboxylic acids is 2. The van der Waals surface area contributed by atoms with Crippen molar-refractivity contribution in [3.63, 3.8) is 0 Å². The molecule has 0 spiro atoms. The van der Waals surface area contributed by atoms with Crippen molar-refractivity contribution in [1.82, 2.24) is 19.1 Å². The molecule has 7 rings (SSSR count). The first-order valence-electron chi connectivity index (χ1n) is 20.3. The number of carbonyl (C=O) groups is 2. The van der Waals surface area contributed by atoms with Gasteiger partial charge in [0.15, 0.2) is 6.61 Å². The van der Waals surface area contributed by atoms with E-state index < -0.39 is 28.6 Å². The summed E-state index contributed by atoms with van der Waals surface area (Å²) in [4.78, 5) is 32.7. The number of hydrogen-bond donors (Lipinski definition) is 2. The molecule has 1 unspecified atom stereocenters. The van der Waals surface area contributed by atoms with Crippen LogP contribution in [0.4, 0.5) is 5.69 Å². The van der Waals surface area contributed by atoms with Gasteiger partial charge in [0.1, 0.15) is 24.4 Å². The molecule has 2 fully saturated rings. The number of ether oxygens (including phenoxy) is 3. The van der Waals surface area contributed by atoms with Gasteiger partial charge in [-0.05, 0) is 73.5 Å². The second-order valence-corrected chi connectivity index (χ2v) is 17.3. The summed E-state index contributed by atoms with van der Waals surface area (Å²) in [6.45, 7) is 9.59. The van der Waals surface area contributed by atoms with Crippen LogP contribution in [-0.4, -0.2) is 134 Å². The number of sulfonamides is 1. The first kappa shape index (κ1) is 46.0. The summed E-state index contributed by atoms with van der Waals surface area (Å²) in [5.41, 5.74) is 3.83. The van der Waals surface area contributed by atoms with Crippen molar-refractivity contribution in [3.8, 4) is 23.0 Å². The molecule has 330 valence electrons. The molecule has 0 radical (unpaired) electrons. The fraction of sp³-hybridized carbons (Fsp3) is 0.356. The van der Waals surface area contributed by atoms with Gasteiger partial charge in [0.25, 0.3) is 0 Å². The molecular weight excluding hydrogens is 838 g/mol. The summed E-state index contributed by atoms with van der Waals surface area (Å²) in [5.74, 6) is -0.758. The lowest BCUT2D eigenvalue weighted by Crippen LogP contribution is -2.48. The highest BCUT2D eigenvalue weighted by atomic mass is 35.5. The van der Waals surface area contributed by atoms with E-state index in [1.807, 2.05) is 43.0 Å². The summed E-state index contributed by atoms with van der Waals surface area (Å²) >= 11 is 6.08. The van der Waals surface area contributed by atoms with Crippen molar-refractivity contribution >= 4 is 39.3 Å². The third kappa shape index (κ3) is 12.8. The first-order valence-corrected chi connectivity index (χ1v) is 22.2. The van der Waals surface area contributed by atoms with Crippen molar-refractivity contribution in [2.75, 3.05) is 83.6 Å². The molecule has 3 heterocycles. The van der Waals surface area contributed by atoms with Gasteiger partial charge in [-0.15, -0.1) is 0 Å². The van der Waals surface area contributed by atoms with Gasteiger partial charge in [0.2, 0.25) is 15.9 Å². The van der Waals surface area contributed by atoms with Crippen LogP contribution in [0.1, 0.15) is 31.0 Å². The molecule has 0 aliphatic carbocycles.